The molecule has 0 saturated carbocycles. The highest BCUT2D eigenvalue weighted by atomic mass is 32.2. The number of benzene rings is 1. The zero-order valence-corrected chi connectivity index (χ0v) is 18.6. The van der Waals surface area contributed by atoms with Crippen molar-refractivity contribution in [1.82, 2.24) is 10.2 Å². The smallest absolute Gasteiger partial charge is 0.277 e. The minimum absolute atomic E-state index is 0.000894. The summed E-state index contributed by atoms with van der Waals surface area (Å²) in [7, 11) is -2.95. The molecule has 1 aromatic heterocycles. The zero-order chi connectivity index (χ0) is 21.7. The number of thioether (sulfide) groups is 1. The van der Waals surface area contributed by atoms with E-state index in [4.69, 9.17) is 9.68 Å². The van der Waals surface area contributed by atoms with E-state index < -0.39 is 9.84 Å². The first kappa shape index (κ1) is 22.3. The molecule has 1 aliphatic rings. The van der Waals surface area contributed by atoms with Gasteiger partial charge in [-0.1, -0.05) is 17.8 Å². The molecular formula is C20H24N4O4S2. The standard InChI is InChI=1S/C20H24N4O4S2/c1-14-8-15(2)10-17(9-14)24(6-3-5-21)19(25)12-29-20-23-22-18(28-20)11-16-4-7-30(26,27)13-16/h8-10,16H,3-4,6-7,11-13H2,1-2H3. The van der Waals surface area contributed by atoms with E-state index in [0.717, 1.165) is 28.6 Å². The Balaban J connectivity index is 1.61. The summed E-state index contributed by atoms with van der Waals surface area (Å²) < 4.78 is 28.7. The van der Waals surface area contributed by atoms with Crippen LogP contribution >= 0.6 is 11.8 Å². The van der Waals surface area contributed by atoms with Crippen molar-refractivity contribution in [1.29, 1.82) is 5.26 Å². The molecule has 0 N–H and O–H groups in total. The fourth-order valence-corrected chi connectivity index (χ4v) is 6.04. The Morgan fingerprint density at radius 2 is 2.03 bits per heavy atom. The van der Waals surface area contributed by atoms with Crippen molar-refractivity contribution in [2.75, 3.05) is 28.7 Å². The topological polar surface area (TPSA) is 117 Å². The van der Waals surface area contributed by atoms with Gasteiger partial charge in [0.25, 0.3) is 5.22 Å². The third kappa shape index (κ3) is 6.06. The Morgan fingerprint density at radius 1 is 1.30 bits per heavy atom. The van der Waals surface area contributed by atoms with Crippen molar-refractivity contribution in [3.63, 3.8) is 0 Å². The Hall–Kier alpha value is -2.38. The lowest BCUT2D eigenvalue weighted by Crippen LogP contribution is -2.33. The van der Waals surface area contributed by atoms with Crippen molar-refractivity contribution in [2.45, 2.75) is 38.3 Å². The van der Waals surface area contributed by atoms with Crippen LogP contribution in [0.2, 0.25) is 0 Å². The Morgan fingerprint density at radius 3 is 2.67 bits per heavy atom. The van der Waals surface area contributed by atoms with E-state index in [1.54, 1.807) is 4.90 Å². The number of carbonyl (C=O) groups excluding carboxylic acids is 1. The van der Waals surface area contributed by atoms with E-state index in [1.165, 1.54) is 0 Å². The van der Waals surface area contributed by atoms with Crippen molar-refractivity contribution in [3.8, 4) is 6.07 Å². The molecule has 1 fully saturated rings. The van der Waals surface area contributed by atoms with Crippen LogP contribution in [0.4, 0.5) is 5.69 Å². The molecule has 2 aromatic rings. The summed E-state index contributed by atoms with van der Waals surface area (Å²) in [6, 6.07) is 7.96. The van der Waals surface area contributed by atoms with E-state index in [2.05, 4.69) is 16.3 Å². The zero-order valence-electron chi connectivity index (χ0n) is 17.0. The third-order valence-corrected chi connectivity index (χ3v) is 7.46. The van der Waals surface area contributed by atoms with Gasteiger partial charge in [-0.05, 0) is 49.4 Å². The normalized spacial score (nSPS) is 17.6. The van der Waals surface area contributed by atoms with Crippen LogP contribution in [0.5, 0.6) is 0 Å². The van der Waals surface area contributed by atoms with Crippen LogP contribution in [0.25, 0.3) is 0 Å². The SMILES string of the molecule is Cc1cc(C)cc(N(CCC#N)C(=O)CSc2nnc(CC3CCS(=O)(=O)C3)o2)c1. The molecule has 1 amide bonds. The second-order valence-corrected chi connectivity index (χ2v) is 10.7. The van der Waals surface area contributed by atoms with Gasteiger partial charge in [-0.15, -0.1) is 10.2 Å². The van der Waals surface area contributed by atoms with Crippen LogP contribution in [-0.2, 0) is 21.1 Å². The average molecular weight is 449 g/mol. The molecular weight excluding hydrogens is 424 g/mol. The lowest BCUT2D eigenvalue weighted by atomic mass is 10.1. The minimum Gasteiger partial charge on any atom is -0.416 e. The van der Waals surface area contributed by atoms with Crippen LogP contribution in [0.15, 0.2) is 27.8 Å². The number of aromatic nitrogens is 2. The van der Waals surface area contributed by atoms with Crippen LogP contribution in [0.3, 0.4) is 0 Å². The molecule has 1 aromatic carbocycles. The molecule has 30 heavy (non-hydrogen) atoms. The van der Waals surface area contributed by atoms with Gasteiger partial charge < -0.3 is 9.32 Å². The lowest BCUT2D eigenvalue weighted by Gasteiger charge is -2.22. The largest absolute Gasteiger partial charge is 0.416 e. The highest BCUT2D eigenvalue weighted by Gasteiger charge is 2.29. The lowest BCUT2D eigenvalue weighted by molar-refractivity contribution is -0.116. The molecule has 0 radical (unpaired) electrons. The molecule has 0 bridgehead atoms. The van der Waals surface area contributed by atoms with Crippen LogP contribution in [0.1, 0.15) is 29.9 Å². The molecule has 3 rings (SSSR count). The van der Waals surface area contributed by atoms with Gasteiger partial charge in [0.2, 0.25) is 11.8 Å². The van der Waals surface area contributed by atoms with Crippen LogP contribution in [-0.4, -0.2) is 48.3 Å². The predicted octanol–water partition coefficient (Wildman–Crippen LogP) is 2.70. The molecule has 8 nitrogen and oxygen atoms in total. The van der Waals surface area contributed by atoms with E-state index in [-0.39, 0.29) is 40.7 Å². The van der Waals surface area contributed by atoms with Gasteiger partial charge in [0, 0.05) is 18.7 Å². The maximum absolute atomic E-state index is 12.8. The summed E-state index contributed by atoms with van der Waals surface area (Å²) in [4.78, 5) is 14.4. The molecule has 1 atom stereocenters. The molecule has 1 saturated heterocycles. The summed E-state index contributed by atoms with van der Waals surface area (Å²) in [6.45, 7) is 4.24. The monoisotopic (exact) mass is 448 g/mol. The van der Waals surface area contributed by atoms with Crippen LogP contribution in [0, 0.1) is 31.1 Å². The summed E-state index contributed by atoms with van der Waals surface area (Å²) in [6.07, 6.45) is 1.27. The highest BCUT2D eigenvalue weighted by molar-refractivity contribution is 7.99. The first-order valence-electron chi connectivity index (χ1n) is 9.67. The molecule has 160 valence electrons. The molecule has 1 unspecified atom stereocenters. The number of anilines is 1. The Labute approximate surface area is 180 Å². The fraction of sp³-hybridized carbons (Fsp3) is 0.500. The summed E-state index contributed by atoms with van der Waals surface area (Å²) in [5.41, 5.74) is 2.85. The molecule has 10 heteroatoms. The molecule has 0 spiro atoms. The van der Waals surface area contributed by atoms with E-state index in [1.807, 2.05) is 32.0 Å². The second kappa shape index (κ2) is 9.62. The van der Waals surface area contributed by atoms with Crippen molar-refractivity contribution in [3.05, 3.63) is 35.2 Å². The Bertz CT molecular complexity index is 1040. The number of carbonyl (C=O) groups is 1. The Kier molecular flexibility index (Phi) is 7.15. The van der Waals surface area contributed by atoms with E-state index in [9.17, 15) is 13.2 Å². The maximum atomic E-state index is 12.8. The van der Waals surface area contributed by atoms with Gasteiger partial charge in [0.15, 0.2) is 9.84 Å². The summed E-state index contributed by atoms with van der Waals surface area (Å²) >= 11 is 1.14. The van der Waals surface area contributed by atoms with Gasteiger partial charge in [-0.2, -0.15) is 5.26 Å². The van der Waals surface area contributed by atoms with Crippen molar-refractivity contribution in [2.24, 2.45) is 5.92 Å². The average Bonchev–Trinajstić information content (AvgIpc) is 3.25. The summed E-state index contributed by atoms with van der Waals surface area (Å²) in [5.74, 6) is 0.696. The first-order chi connectivity index (χ1) is 14.3. The molecule has 1 aliphatic heterocycles. The van der Waals surface area contributed by atoms with Gasteiger partial charge in [-0.25, -0.2) is 8.42 Å². The van der Waals surface area contributed by atoms with Crippen molar-refractivity contribution < 1.29 is 17.6 Å². The van der Waals surface area contributed by atoms with Gasteiger partial charge in [0.1, 0.15) is 0 Å². The fourth-order valence-electron chi connectivity index (χ4n) is 3.53. The minimum atomic E-state index is -2.95. The van der Waals surface area contributed by atoms with Gasteiger partial charge in [-0.3, -0.25) is 4.79 Å². The second-order valence-electron chi connectivity index (χ2n) is 7.52. The summed E-state index contributed by atoms with van der Waals surface area (Å²) in [5, 5.41) is 17.2. The number of aryl methyl sites for hydroxylation is 2. The highest BCUT2D eigenvalue weighted by Crippen LogP contribution is 2.25. The van der Waals surface area contributed by atoms with Crippen LogP contribution < -0.4 is 4.90 Å². The van der Waals surface area contributed by atoms with Gasteiger partial charge >= 0.3 is 0 Å². The number of hydrogen-bond acceptors (Lipinski definition) is 8. The number of amides is 1. The van der Waals surface area contributed by atoms with E-state index >= 15 is 0 Å². The quantitative estimate of drug-likeness (QED) is 0.566. The number of nitrogens with zero attached hydrogens (tertiary/aromatic N) is 4. The maximum Gasteiger partial charge on any atom is 0.277 e. The number of rotatable bonds is 8. The first-order valence-corrected chi connectivity index (χ1v) is 12.5. The van der Waals surface area contributed by atoms with Gasteiger partial charge in [0.05, 0.1) is 29.7 Å². The van der Waals surface area contributed by atoms with E-state index in [0.29, 0.717) is 25.3 Å². The molecule has 2 heterocycles. The number of nitriles is 1. The number of sulfone groups is 1. The predicted molar refractivity (Wildman–Crippen MR) is 114 cm³/mol. The number of hydrogen-bond donors (Lipinski definition) is 0. The third-order valence-electron chi connectivity index (χ3n) is 4.82. The molecule has 0 aliphatic carbocycles. The van der Waals surface area contributed by atoms with Crippen molar-refractivity contribution >= 4 is 33.2 Å².